The van der Waals surface area contributed by atoms with Gasteiger partial charge in [0.1, 0.15) is 0 Å². The molecule has 0 radical (unpaired) electrons. The van der Waals surface area contributed by atoms with Gasteiger partial charge in [-0.3, -0.25) is 4.79 Å². The molecule has 0 atom stereocenters. The fourth-order valence-electron chi connectivity index (χ4n) is 2.21. The highest BCUT2D eigenvalue weighted by Crippen LogP contribution is 2.35. The summed E-state index contributed by atoms with van der Waals surface area (Å²) in [5.41, 5.74) is 1.28. The molecule has 2 nitrogen and oxygen atoms in total. The van der Waals surface area contributed by atoms with Crippen LogP contribution >= 0.6 is 11.3 Å². The van der Waals surface area contributed by atoms with E-state index in [1.807, 2.05) is 33.1 Å². The first kappa shape index (κ1) is 18.5. The van der Waals surface area contributed by atoms with Gasteiger partial charge in [-0.05, 0) is 61.9 Å². The second-order valence-electron chi connectivity index (χ2n) is 6.71. The number of nitrogens with zero attached hydrogens (tertiary/aromatic N) is 1. The molecule has 1 aromatic carbocycles. The Kier molecular flexibility index (Phi) is 4.81. The largest absolute Gasteiger partial charge is 0.416 e. The summed E-state index contributed by atoms with van der Waals surface area (Å²) in [6.07, 6.45) is -4.35. The molecule has 130 valence electrons. The van der Waals surface area contributed by atoms with Crippen LogP contribution in [0, 0.1) is 6.92 Å². The molecule has 0 aliphatic rings. The van der Waals surface area contributed by atoms with E-state index in [0.717, 1.165) is 23.3 Å². The van der Waals surface area contributed by atoms with Crippen molar-refractivity contribution in [2.24, 2.45) is 0 Å². The van der Waals surface area contributed by atoms with E-state index in [9.17, 15) is 18.0 Å². The summed E-state index contributed by atoms with van der Waals surface area (Å²) in [6.45, 7) is 7.67. The average Bonchev–Trinajstić information content (AvgIpc) is 2.85. The van der Waals surface area contributed by atoms with Crippen molar-refractivity contribution in [3.8, 4) is 11.1 Å². The van der Waals surface area contributed by atoms with E-state index in [-0.39, 0.29) is 11.4 Å². The van der Waals surface area contributed by atoms with Crippen molar-refractivity contribution in [1.82, 2.24) is 4.90 Å². The zero-order valence-electron chi connectivity index (χ0n) is 14.3. The number of carbonyl (C=O) groups is 1. The number of alkyl halides is 3. The molecule has 6 heteroatoms. The number of amides is 1. The Labute approximate surface area is 143 Å². The number of halogens is 3. The standard InChI is InChI=1S/C18H20F3NOS/c1-11-14(12-6-8-13(9-7-12)18(19,20)21)10-24-15(11)16(23)22(5)17(2,3)4/h6-10H,1-5H3. The number of benzene rings is 1. The van der Waals surface area contributed by atoms with Crippen LogP contribution in [0.1, 0.15) is 41.6 Å². The average molecular weight is 355 g/mol. The molecule has 2 rings (SSSR count). The predicted octanol–water partition coefficient (Wildman–Crippen LogP) is 5.61. The third-order valence-electron chi connectivity index (χ3n) is 4.07. The number of thiophene rings is 1. The van der Waals surface area contributed by atoms with Crippen molar-refractivity contribution in [3.63, 3.8) is 0 Å². The Bertz CT molecular complexity index is 739. The minimum Gasteiger partial charge on any atom is -0.336 e. The van der Waals surface area contributed by atoms with E-state index in [1.165, 1.54) is 23.5 Å². The zero-order chi connectivity index (χ0) is 18.3. The van der Waals surface area contributed by atoms with Crippen LogP contribution < -0.4 is 0 Å². The number of rotatable bonds is 2. The Hall–Kier alpha value is -1.82. The lowest BCUT2D eigenvalue weighted by molar-refractivity contribution is -0.137. The van der Waals surface area contributed by atoms with Gasteiger partial charge in [-0.25, -0.2) is 0 Å². The number of carbonyl (C=O) groups excluding carboxylic acids is 1. The molecular weight excluding hydrogens is 335 g/mol. The van der Waals surface area contributed by atoms with Gasteiger partial charge >= 0.3 is 6.18 Å². The van der Waals surface area contributed by atoms with Crippen LogP contribution in [0.25, 0.3) is 11.1 Å². The molecule has 0 saturated heterocycles. The van der Waals surface area contributed by atoms with Crippen LogP contribution in [0.2, 0.25) is 0 Å². The molecule has 0 aliphatic carbocycles. The number of hydrogen-bond donors (Lipinski definition) is 0. The monoisotopic (exact) mass is 355 g/mol. The molecular formula is C18H20F3NOS. The quantitative estimate of drug-likeness (QED) is 0.685. The van der Waals surface area contributed by atoms with Crippen molar-refractivity contribution in [1.29, 1.82) is 0 Å². The van der Waals surface area contributed by atoms with E-state index in [2.05, 4.69) is 0 Å². The maximum atomic E-state index is 12.7. The molecule has 0 unspecified atom stereocenters. The van der Waals surface area contributed by atoms with Gasteiger partial charge in [-0.15, -0.1) is 11.3 Å². The van der Waals surface area contributed by atoms with Crippen molar-refractivity contribution >= 4 is 17.2 Å². The van der Waals surface area contributed by atoms with Crippen LogP contribution in [-0.2, 0) is 6.18 Å². The molecule has 0 spiro atoms. The molecule has 1 amide bonds. The highest BCUT2D eigenvalue weighted by atomic mass is 32.1. The van der Waals surface area contributed by atoms with Crippen molar-refractivity contribution in [2.45, 2.75) is 39.4 Å². The third-order valence-corrected chi connectivity index (χ3v) is 5.14. The van der Waals surface area contributed by atoms with Gasteiger partial charge in [-0.2, -0.15) is 13.2 Å². The van der Waals surface area contributed by atoms with Gasteiger partial charge in [0.05, 0.1) is 10.4 Å². The SMILES string of the molecule is Cc1c(-c2ccc(C(F)(F)F)cc2)csc1C(=O)N(C)C(C)(C)C. The molecule has 0 saturated carbocycles. The minimum absolute atomic E-state index is 0.0804. The molecule has 0 N–H and O–H groups in total. The summed E-state index contributed by atoms with van der Waals surface area (Å²) in [6, 6.07) is 5.02. The highest BCUT2D eigenvalue weighted by Gasteiger charge is 2.30. The van der Waals surface area contributed by atoms with Gasteiger partial charge in [0.15, 0.2) is 0 Å². The Morgan fingerprint density at radius 3 is 2.08 bits per heavy atom. The normalized spacial score (nSPS) is 12.3. The van der Waals surface area contributed by atoms with Crippen LogP contribution in [0.4, 0.5) is 13.2 Å². The van der Waals surface area contributed by atoms with Crippen molar-refractivity contribution < 1.29 is 18.0 Å². The molecule has 0 fully saturated rings. The van der Waals surface area contributed by atoms with E-state index in [1.54, 1.807) is 11.9 Å². The van der Waals surface area contributed by atoms with Gasteiger partial charge in [0.25, 0.3) is 5.91 Å². The molecule has 2 aromatic rings. The smallest absolute Gasteiger partial charge is 0.336 e. The van der Waals surface area contributed by atoms with Gasteiger partial charge < -0.3 is 4.90 Å². The molecule has 1 aromatic heterocycles. The van der Waals surface area contributed by atoms with Crippen LogP contribution in [0.15, 0.2) is 29.6 Å². The van der Waals surface area contributed by atoms with Crippen molar-refractivity contribution in [2.75, 3.05) is 7.05 Å². The maximum Gasteiger partial charge on any atom is 0.416 e. The first-order valence-electron chi connectivity index (χ1n) is 7.47. The lowest BCUT2D eigenvalue weighted by atomic mass is 10.0. The first-order chi connectivity index (χ1) is 10.9. The first-order valence-corrected chi connectivity index (χ1v) is 8.35. The second kappa shape index (κ2) is 6.24. The Morgan fingerprint density at radius 2 is 1.62 bits per heavy atom. The summed E-state index contributed by atoms with van der Waals surface area (Å²) in [4.78, 5) is 14.9. The summed E-state index contributed by atoms with van der Waals surface area (Å²) < 4.78 is 38.0. The lowest BCUT2D eigenvalue weighted by Crippen LogP contribution is -2.42. The van der Waals surface area contributed by atoms with Crippen LogP contribution in [0.5, 0.6) is 0 Å². The summed E-state index contributed by atoms with van der Waals surface area (Å²) in [5.74, 6) is -0.0804. The molecule has 1 heterocycles. The highest BCUT2D eigenvalue weighted by molar-refractivity contribution is 7.12. The third kappa shape index (κ3) is 3.64. The van der Waals surface area contributed by atoms with Crippen LogP contribution in [-0.4, -0.2) is 23.4 Å². The van der Waals surface area contributed by atoms with E-state index < -0.39 is 11.7 Å². The Balaban J connectivity index is 2.35. The molecule has 24 heavy (non-hydrogen) atoms. The maximum absolute atomic E-state index is 12.7. The zero-order valence-corrected chi connectivity index (χ0v) is 15.1. The molecule has 0 bridgehead atoms. The van der Waals surface area contributed by atoms with Gasteiger partial charge in [0.2, 0.25) is 0 Å². The topological polar surface area (TPSA) is 20.3 Å². The minimum atomic E-state index is -4.35. The number of hydrogen-bond acceptors (Lipinski definition) is 2. The summed E-state index contributed by atoms with van der Waals surface area (Å²) in [7, 11) is 1.75. The fourth-order valence-corrected chi connectivity index (χ4v) is 3.28. The Morgan fingerprint density at radius 1 is 1.08 bits per heavy atom. The molecule has 0 aliphatic heterocycles. The summed E-state index contributed by atoms with van der Waals surface area (Å²) >= 11 is 1.32. The van der Waals surface area contributed by atoms with Crippen LogP contribution in [0.3, 0.4) is 0 Å². The van der Waals surface area contributed by atoms with E-state index in [0.29, 0.717) is 10.4 Å². The second-order valence-corrected chi connectivity index (χ2v) is 7.59. The van der Waals surface area contributed by atoms with Crippen molar-refractivity contribution in [3.05, 3.63) is 45.6 Å². The van der Waals surface area contributed by atoms with E-state index >= 15 is 0 Å². The van der Waals surface area contributed by atoms with Gasteiger partial charge in [-0.1, -0.05) is 12.1 Å². The van der Waals surface area contributed by atoms with Gasteiger partial charge in [0, 0.05) is 12.6 Å². The van der Waals surface area contributed by atoms with E-state index in [4.69, 9.17) is 0 Å². The summed E-state index contributed by atoms with van der Waals surface area (Å²) in [5, 5.41) is 1.82. The predicted molar refractivity (Wildman–Crippen MR) is 91.3 cm³/mol. The lowest BCUT2D eigenvalue weighted by Gasteiger charge is -2.31. The fraction of sp³-hybridized carbons (Fsp3) is 0.389.